The number of hydrogen-bond donors (Lipinski definition) is 2. The monoisotopic (exact) mass is 327 g/mol. The molecule has 2 N–H and O–H groups in total. The zero-order chi connectivity index (χ0) is 16.1. The molecule has 0 aromatic heterocycles. The molecule has 1 amide bonds. The summed E-state index contributed by atoms with van der Waals surface area (Å²) in [6, 6.07) is 10.1. The second-order valence-corrected chi connectivity index (χ2v) is 4.78. The van der Waals surface area contributed by atoms with Crippen molar-refractivity contribution < 1.29 is 23.4 Å². The number of aromatic hydroxyl groups is 1. The van der Waals surface area contributed by atoms with Gasteiger partial charge in [0.05, 0.1) is 5.02 Å². The van der Waals surface area contributed by atoms with Crippen molar-refractivity contribution in [1.29, 1.82) is 0 Å². The standard InChI is InChI=1S/C15H12ClF2NO3/c16-12-7-10(3-6-13(12)20)14(21)19-8-9-1-4-11(5-2-9)22-15(17)18/h1-7,15,20H,8H2,(H,19,21). The van der Waals surface area contributed by atoms with Gasteiger partial charge in [0.2, 0.25) is 0 Å². The largest absolute Gasteiger partial charge is 0.506 e. The van der Waals surface area contributed by atoms with Gasteiger partial charge in [0.25, 0.3) is 5.91 Å². The first-order valence-electron chi connectivity index (χ1n) is 6.26. The van der Waals surface area contributed by atoms with Crippen LogP contribution in [-0.4, -0.2) is 17.6 Å². The number of rotatable bonds is 5. The SMILES string of the molecule is O=C(NCc1ccc(OC(F)F)cc1)c1ccc(O)c(Cl)c1. The van der Waals surface area contributed by atoms with E-state index < -0.39 is 6.61 Å². The molecule has 7 heteroatoms. The van der Waals surface area contributed by atoms with E-state index in [9.17, 15) is 18.7 Å². The number of halogens is 3. The summed E-state index contributed by atoms with van der Waals surface area (Å²) in [5.41, 5.74) is 1.03. The molecular weight excluding hydrogens is 316 g/mol. The number of phenols is 1. The molecule has 2 aromatic carbocycles. The van der Waals surface area contributed by atoms with Crippen molar-refractivity contribution >= 4 is 17.5 Å². The Balaban J connectivity index is 1.94. The molecule has 0 unspecified atom stereocenters. The Morgan fingerprint density at radius 1 is 1.23 bits per heavy atom. The van der Waals surface area contributed by atoms with Crippen molar-refractivity contribution in [3.05, 3.63) is 58.6 Å². The third-order valence-corrected chi connectivity index (χ3v) is 3.11. The Morgan fingerprint density at radius 3 is 2.50 bits per heavy atom. The molecule has 0 saturated carbocycles. The maximum absolute atomic E-state index is 12.0. The van der Waals surface area contributed by atoms with Gasteiger partial charge < -0.3 is 15.2 Å². The summed E-state index contributed by atoms with van der Waals surface area (Å²) >= 11 is 5.73. The quantitative estimate of drug-likeness (QED) is 0.882. The maximum atomic E-state index is 12.0. The topological polar surface area (TPSA) is 58.6 Å². The Morgan fingerprint density at radius 2 is 1.91 bits per heavy atom. The van der Waals surface area contributed by atoms with Crippen molar-refractivity contribution in [3.8, 4) is 11.5 Å². The lowest BCUT2D eigenvalue weighted by molar-refractivity contribution is -0.0498. The predicted octanol–water partition coefficient (Wildman–Crippen LogP) is 3.58. The Labute approximate surface area is 130 Å². The highest BCUT2D eigenvalue weighted by Gasteiger charge is 2.08. The third-order valence-electron chi connectivity index (χ3n) is 2.81. The van der Waals surface area contributed by atoms with Gasteiger partial charge in [-0.3, -0.25) is 4.79 Å². The maximum Gasteiger partial charge on any atom is 0.387 e. The van der Waals surface area contributed by atoms with Crippen LogP contribution in [0, 0.1) is 0 Å². The van der Waals surface area contributed by atoms with Crippen molar-refractivity contribution in [2.45, 2.75) is 13.2 Å². The number of carbonyl (C=O) groups excluding carboxylic acids is 1. The van der Waals surface area contributed by atoms with Crippen LogP contribution in [0.15, 0.2) is 42.5 Å². The number of amides is 1. The molecule has 0 aliphatic rings. The van der Waals surface area contributed by atoms with Crippen LogP contribution < -0.4 is 10.1 Å². The van der Waals surface area contributed by atoms with Crippen LogP contribution in [0.3, 0.4) is 0 Å². The fourth-order valence-electron chi connectivity index (χ4n) is 1.72. The highest BCUT2D eigenvalue weighted by molar-refractivity contribution is 6.32. The van der Waals surface area contributed by atoms with Crippen LogP contribution in [0.1, 0.15) is 15.9 Å². The number of carbonyl (C=O) groups is 1. The lowest BCUT2D eigenvalue weighted by atomic mass is 10.2. The summed E-state index contributed by atoms with van der Waals surface area (Å²) in [5, 5.41) is 12.0. The first-order chi connectivity index (χ1) is 10.5. The summed E-state index contributed by atoms with van der Waals surface area (Å²) in [7, 11) is 0. The molecule has 0 aliphatic heterocycles. The van der Waals surface area contributed by atoms with Gasteiger partial charge in [0.15, 0.2) is 0 Å². The number of alkyl halides is 2. The normalized spacial score (nSPS) is 10.5. The molecule has 0 atom stereocenters. The Kier molecular flexibility index (Phi) is 5.16. The van der Waals surface area contributed by atoms with Crippen LogP contribution in [0.2, 0.25) is 5.02 Å². The third kappa shape index (κ3) is 4.33. The molecule has 22 heavy (non-hydrogen) atoms. The first kappa shape index (κ1) is 16.0. The molecule has 0 bridgehead atoms. The van der Waals surface area contributed by atoms with Crippen LogP contribution >= 0.6 is 11.6 Å². The zero-order valence-corrected chi connectivity index (χ0v) is 12.0. The number of ether oxygens (including phenoxy) is 1. The Hall–Kier alpha value is -2.34. The average Bonchev–Trinajstić information content (AvgIpc) is 2.48. The van der Waals surface area contributed by atoms with E-state index in [0.717, 1.165) is 5.56 Å². The van der Waals surface area contributed by atoms with Crippen LogP contribution in [0.4, 0.5) is 8.78 Å². The predicted molar refractivity (Wildman–Crippen MR) is 77.4 cm³/mol. The zero-order valence-electron chi connectivity index (χ0n) is 11.2. The number of phenolic OH excluding ortho intramolecular Hbond substituents is 1. The van der Waals surface area contributed by atoms with E-state index in [0.29, 0.717) is 5.56 Å². The minimum absolute atomic E-state index is 0.0513. The molecule has 0 radical (unpaired) electrons. The van der Waals surface area contributed by atoms with E-state index >= 15 is 0 Å². The van der Waals surface area contributed by atoms with Crippen LogP contribution in [0.5, 0.6) is 11.5 Å². The van der Waals surface area contributed by atoms with Crippen molar-refractivity contribution in [1.82, 2.24) is 5.32 Å². The highest BCUT2D eigenvalue weighted by Crippen LogP contribution is 2.23. The first-order valence-corrected chi connectivity index (χ1v) is 6.64. The molecule has 0 aliphatic carbocycles. The van der Waals surface area contributed by atoms with E-state index in [2.05, 4.69) is 10.1 Å². The Bertz CT molecular complexity index is 662. The van der Waals surface area contributed by atoms with Crippen molar-refractivity contribution in [2.75, 3.05) is 0 Å². The minimum Gasteiger partial charge on any atom is -0.506 e. The lowest BCUT2D eigenvalue weighted by Crippen LogP contribution is -2.22. The second kappa shape index (κ2) is 7.09. The summed E-state index contributed by atoms with van der Waals surface area (Å²) in [6.45, 7) is -2.66. The van der Waals surface area contributed by atoms with Gasteiger partial charge in [-0.1, -0.05) is 23.7 Å². The summed E-state index contributed by atoms with van der Waals surface area (Å²) < 4.78 is 28.3. The molecule has 116 valence electrons. The fourth-order valence-corrected chi connectivity index (χ4v) is 1.90. The summed E-state index contributed by atoms with van der Waals surface area (Å²) in [6.07, 6.45) is 0. The van der Waals surface area contributed by atoms with Gasteiger partial charge in [-0.05, 0) is 35.9 Å². The fraction of sp³-hybridized carbons (Fsp3) is 0.133. The minimum atomic E-state index is -2.87. The van der Waals surface area contributed by atoms with Gasteiger partial charge in [-0.25, -0.2) is 0 Å². The van der Waals surface area contributed by atoms with Gasteiger partial charge in [0.1, 0.15) is 11.5 Å². The molecule has 2 aromatic rings. The van der Waals surface area contributed by atoms with Crippen molar-refractivity contribution in [3.63, 3.8) is 0 Å². The smallest absolute Gasteiger partial charge is 0.387 e. The van der Waals surface area contributed by atoms with Gasteiger partial charge in [0, 0.05) is 12.1 Å². The number of nitrogens with one attached hydrogen (secondary N) is 1. The molecule has 2 rings (SSSR count). The molecule has 4 nitrogen and oxygen atoms in total. The van der Waals surface area contributed by atoms with Crippen LogP contribution in [0.25, 0.3) is 0 Å². The molecule has 0 saturated heterocycles. The number of hydrogen-bond acceptors (Lipinski definition) is 3. The van der Waals surface area contributed by atoms with E-state index in [1.54, 1.807) is 12.1 Å². The average molecular weight is 328 g/mol. The summed E-state index contributed by atoms with van der Waals surface area (Å²) in [5.74, 6) is -0.418. The molecular formula is C15H12ClF2NO3. The van der Waals surface area contributed by atoms with Crippen molar-refractivity contribution in [2.24, 2.45) is 0 Å². The highest BCUT2D eigenvalue weighted by atomic mass is 35.5. The molecule has 0 spiro atoms. The van der Waals surface area contributed by atoms with Crippen LogP contribution in [-0.2, 0) is 6.54 Å². The van der Waals surface area contributed by atoms with Gasteiger partial charge in [-0.15, -0.1) is 0 Å². The van der Waals surface area contributed by atoms with Gasteiger partial charge >= 0.3 is 6.61 Å². The van der Waals surface area contributed by atoms with E-state index in [4.69, 9.17) is 11.6 Å². The van der Waals surface area contributed by atoms with E-state index in [1.165, 1.54) is 30.3 Å². The lowest BCUT2D eigenvalue weighted by Gasteiger charge is -2.08. The molecule has 0 heterocycles. The van der Waals surface area contributed by atoms with Gasteiger partial charge in [-0.2, -0.15) is 8.78 Å². The van der Waals surface area contributed by atoms with E-state index in [-0.39, 0.29) is 29.0 Å². The number of benzene rings is 2. The molecule has 0 fully saturated rings. The second-order valence-electron chi connectivity index (χ2n) is 4.37. The summed E-state index contributed by atoms with van der Waals surface area (Å²) in [4.78, 5) is 11.9. The van der Waals surface area contributed by atoms with E-state index in [1.807, 2.05) is 0 Å².